The summed E-state index contributed by atoms with van der Waals surface area (Å²) in [6, 6.07) is 2.21. The van der Waals surface area contributed by atoms with Crippen LogP contribution in [0.5, 0.6) is 0 Å². The van der Waals surface area contributed by atoms with Crippen LogP contribution in [0.15, 0.2) is 17.0 Å². The van der Waals surface area contributed by atoms with Crippen molar-refractivity contribution < 1.29 is 12.8 Å². The van der Waals surface area contributed by atoms with Crippen molar-refractivity contribution in [2.24, 2.45) is 5.73 Å². The van der Waals surface area contributed by atoms with E-state index in [0.29, 0.717) is 6.54 Å². The van der Waals surface area contributed by atoms with Crippen LogP contribution >= 0.6 is 11.6 Å². The lowest BCUT2D eigenvalue weighted by Crippen LogP contribution is -2.25. The van der Waals surface area contributed by atoms with E-state index in [1.165, 1.54) is 6.07 Å². The molecule has 0 aromatic heterocycles. The highest BCUT2D eigenvalue weighted by Gasteiger charge is 2.18. The SMILES string of the molecule is CCCCCNS(=O)(=O)c1cc(F)c(Cl)c(CN)c1. The highest BCUT2D eigenvalue weighted by Crippen LogP contribution is 2.24. The number of hydrogen-bond acceptors (Lipinski definition) is 3. The molecule has 0 radical (unpaired) electrons. The minimum Gasteiger partial charge on any atom is -0.326 e. The molecule has 0 heterocycles. The van der Waals surface area contributed by atoms with Crippen molar-refractivity contribution >= 4 is 21.6 Å². The number of hydrogen-bond donors (Lipinski definition) is 2. The van der Waals surface area contributed by atoms with Crippen molar-refractivity contribution in [1.82, 2.24) is 4.72 Å². The van der Waals surface area contributed by atoms with Crippen molar-refractivity contribution in [3.8, 4) is 0 Å². The molecule has 0 saturated carbocycles. The standard InChI is InChI=1S/C12H18ClFN2O2S/c1-2-3-4-5-16-19(17,18)10-6-9(8-15)12(13)11(14)7-10/h6-7,16H,2-5,8,15H2,1H3. The van der Waals surface area contributed by atoms with Crippen LogP contribution in [0, 0.1) is 5.82 Å². The first-order valence-electron chi connectivity index (χ1n) is 6.10. The van der Waals surface area contributed by atoms with Crippen LogP contribution in [0.1, 0.15) is 31.7 Å². The first-order chi connectivity index (χ1) is 8.92. The molecular weight excluding hydrogens is 291 g/mol. The molecule has 19 heavy (non-hydrogen) atoms. The highest BCUT2D eigenvalue weighted by atomic mass is 35.5. The molecule has 1 aromatic rings. The smallest absolute Gasteiger partial charge is 0.240 e. The van der Waals surface area contributed by atoms with E-state index < -0.39 is 15.8 Å². The summed E-state index contributed by atoms with van der Waals surface area (Å²) in [6.07, 6.45) is 2.68. The lowest BCUT2D eigenvalue weighted by Gasteiger charge is -2.09. The van der Waals surface area contributed by atoms with Gasteiger partial charge in [0.05, 0.1) is 9.92 Å². The third-order valence-corrected chi connectivity index (χ3v) is 4.54. The topological polar surface area (TPSA) is 72.2 Å². The summed E-state index contributed by atoms with van der Waals surface area (Å²) in [5.41, 5.74) is 5.68. The molecule has 0 atom stereocenters. The molecule has 1 rings (SSSR count). The van der Waals surface area contributed by atoms with E-state index in [4.69, 9.17) is 17.3 Å². The fourth-order valence-corrected chi connectivity index (χ4v) is 2.91. The number of unbranched alkanes of at least 4 members (excludes halogenated alkanes) is 2. The van der Waals surface area contributed by atoms with Crippen LogP contribution in [-0.2, 0) is 16.6 Å². The quantitative estimate of drug-likeness (QED) is 0.760. The van der Waals surface area contributed by atoms with Crippen LogP contribution in [-0.4, -0.2) is 15.0 Å². The zero-order chi connectivity index (χ0) is 14.5. The number of nitrogens with one attached hydrogen (secondary N) is 1. The van der Waals surface area contributed by atoms with E-state index in [-0.39, 0.29) is 22.0 Å². The van der Waals surface area contributed by atoms with Crippen molar-refractivity contribution in [3.05, 3.63) is 28.5 Å². The number of nitrogens with two attached hydrogens (primary N) is 1. The Morgan fingerprint density at radius 3 is 2.63 bits per heavy atom. The second kappa shape index (κ2) is 7.19. The zero-order valence-electron chi connectivity index (χ0n) is 10.7. The van der Waals surface area contributed by atoms with Crippen LogP contribution in [0.2, 0.25) is 5.02 Å². The van der Waals surface area contributed by atoms with Gasteiger partial charge in [0.1, 0.15) is 5.82 Å². The highest BCUT2D eigenvalue weighted by molar-refractivity contribution is 7.89. The van der Waals surface area contributed by atoms with Gasteiger partial charge < -0.3 is 5.73 Å². The summed E-state index contributed by atoms with van der Waals surface area (Å²) in [5, 5.41) is -0.132. The second-order valence-electron chi connectivity index (χ2n) is 4.19. The Hall–Kier alpha value is -0.690. The average molecular weight is 309 g/mol. The summed E-state index contributed by atoms with van der Waals surface area (Å²) >= 11 is 5.69. The fraction of sp³-hybridized carbons (Fsp3) is 0.500. The van der Waals surface area contributed by atoms with Gasteiger partial charge in [0.2, 0.25) is 10.0 Å². The Bertz CT molecular complexity index is 535. The largest absolute Gasteiger partial charge is 0.326 e. The average Bonchev–Trinajstić information content (AvgIpc) is 2.37. The molecule has 0 aliphatic carbocycles. The summed E-state index contributed by atoms with van der Waals surface area (Å²) in [4.78, 5) is -0.147. The maximum atomic E-state index is 13.5. The third kappa shape index (κ3) is 4.42. The summed E-state index contributed by atoms with van der Waals surface area (Å²) < 4.78 is 39.9. The van der Waals surface area contributed by atoms with Gasteiger partial charge in [-0.05, 0) is 24.1 Å². The third-order valence-electron chi connectivity index (χ3n) is 2.68. The van der Waals surface area contributed by atoms with Crippen LogP contribution in [0.3, 0.4) is 0 Å². The lowest BCUT2D eigenvalue weighted by molar-refractivity contribution is 0.572. The van der Waals surface area contributed by atoms with Crippen LogP contribution in [0.25, 0.3) is 0 Å². The van der Waals surface area contributed by atoms with Gasteiger partial charge in [-0.1, -0.05) is 31.4 Å². The number of halogens is 2. The Kier molecular flexibility index (Phi) is 6.19. The molecule has 0 saturated heterocycles. The van der Waals surface area contributed by atoms with Gasteiger partial charge in [-0.25, -0.2) is 17.5 Å². The number of benzene rings is 1. The number of sulfonamides is 1. The van der Waals surface area contributed by atoms with E-state index >= 15 is 0 Å². The predicted molar refractivity (Wildman–Crippen MR) is 74.0 cm³/mol. The Balaban J connectivity index is 2.92. The van der Waals surface area contributed by atoms with Crippen LogP contribution in [0.4, 0.5) is 4.39 Å². The Morgan fingerprint density at radius 1 is 1.37 bits per heavy atom. The lowest BCUT2D eigenvalue weighted by atomic mass is 10.2. The van der Waals surface area contributed by atoms with Crippen LogP contribution < -0.4 is 10.5 Å². The Labute approximate surface area is 118 Å². The van der Waals surface area contributed by atoms with Gasteiger partial charge in [-0.2, -0.15) is 0 Å². The van der Waals surface area contributed by atoms with Crippen molar-refractivity contribution in [1.29, 1.82) is 0 Å². The number of rotatable bonds is 7. The molecule has 4 nitrogen and oxygen atoms in total. The van der Waals surface area contributed by atoms with E-state index in [9.17, 15) is 12.8 Å². The molecular formula is C12H18ClFN2O2S. The maximum absolute atomic E-state index is 13.5. The zero-order valence-corrected chi connectivity index (χ0v) is 12.3. The van der Waals surface area contributed by atoms with Crippen molar-refractivity contribution in [2.75, 3.05) is 6.54 Å². The summed E-state index contributed by atoms with van der Waals surface area (Å²) in [5.74, 6) is -0.779. The van der Waals surface area contributed by atoms with Gasteiger partial charge in [0.25, 0.3) is 0 Å². The fourth-order valence-electron chi connectivity index (χ4n) is 1.59. The van der Waals surface area contributed by atoms with E-state index in [0.717, 1.165) is 25.3 Å². The minimum atomic E-state index is -3.72. The summed E-state index contributed by atoms with van der Waals surface area (Å²) in [6.45, 7) is 2.34. The van der Waals surface area contributed by atoms with Gasteiger partial charge in [0.15, 0.2) is 0 Å². The Morgan fingerprint density at radius 2 is 2.05 bits per heavy atom. The summed E-state index contributed by atoms with van der Waals surface area (Å²) in [7, 11) is -3.72. The second-order valence-corrected chi connectivity index (χ2v) is 6.33. The van der Waals surface area contributed by atoms with Crippen molar-refractivity contribution in [2.45, 2.75) is 37.6 Å². The molecule has 0 amide bonds. The normalized spacial score (nSPS) is 11.8. The van der Waals surface area contributed by atoms with E-state index in [2.05, 4.69) is 4.72 Å². The van der Waals surface area contributed by atoms with E-state index in [1.54, 1.807) is 0 Å². The molecule has 0 bridgehead atoms. The first kappa shape index (κ1) is 16.4. The molecule has 0 unspecified atom stereocenters. The maximum Gasteiger partial charge on any atom is 0.240 e. The van der Waals surface area contributed by atoms with Gasteiger partial charge >= 0.3 is 0 Å². The first-order valence-corrected chi connectivity index (χ1v) is 7.96. The molecule has 7 heteroatoms. The molecule has 0 aliphatic rings. The minimum absolute atomic E-state index is 0.0189. The molecule has 3 N–H and O–H groups in total. The van der Waals surface area contributed by atoms with Gasteiger partial charge in [0, 0.05) is 13.1 Å². The molecule has 0 spiro atoms. The van der Waals surface area contributed by atoms with E-state index in [1.807, 2.05) is 6.92 Å². The monoisotopic (exact) mass is 308 g/mol. The van der Waals surface area contributed by atoms with Gasteiger partial charge in [-0.15, -0.1) is 0 Å². The molecule has 0 aliphatic heterocycles. The molecule has 1 aromatic carbocycles. The molecule has 108 valence electrons. The predicted octanol–water partition coefficient (Wildman–Crippen LogP) is 2.41. The van der Waals surface area contributed by atoms with Gasteiger partial charge in [-0.3, -0.25) is 0 Å². The molecule has 0 fully saturated rings. The van der Waals surface area contributed by atoms with Crippen molar-refractivity contribution in [3.63, 3.8) is 0 Å².